The fourth-order valence-corrected chi connectivity index (χ4v) is 1.10. The summed E-state index contributed by atoms with van der Waals surface area (Å²) in [6.07, 6.45) is -0.758. The highest BCUT2D eigenvalue weighted by Gasteiger charge is 2.17. The van der Waals surface area contributed by atoms with E-state index in [9.17, 15) is 9.18 Å². The van der Waals surface area contributed by atoms with E-state index in [0.29, 0.717) is 0 Å². The number of hydrogen-bond donors (Lipinski definition) is 1. The van der Waals surface area contributed by atoms with Crippen molar-refractivity contribution in [3.63, 3.8) is 0 Å². The second-order valence-electron chi connectivity index (χ2n) is 4.43. The molecule has 0 saturated heterocycles. The van der Waals surface area contributed by atoms with E-state index < -0.39 is 17.5 Å². The Hall–Kier alpha value is -2.09. The van der Waals surface area contributed by atoms with Crippen LogP contribution in [0.1, 0.15) is 26.3 Å². The maximum atomic E-state index is 13.3. The maximum Gasteiger partial charge on any atom is 0.412 e. The quantitative estimate of drug-likeness (QED) is 0.815. The number of benzene rings is 1. The van der Waals surface area contributed by atoms with Crippen LogP contribution in [0, 0.1) is 17.1 Å². The van der Waals surface area contributed by atoms with Gasteiger partial charge >= 0.3 is 6.09 Å². The van der Waals surface area contributed by atoms with Gasteiger partial charge in [-0.2, -0.15) is 5.26 Å². The molecular weight excluding hydrogens is 223 g/mol. The molecule has 0 aliphatic carbocycles. The molecular formula is C12H13FN2O2. The van der Waals surface area contributed by atoms with Gasteiger partial charge in [-0.3, -0.25) is 5.32 Å². The van der Waals surface area contributed by atoms with E-state index >= 15 is 0 Å². The zero-order valence-corrected chi connectivity index (χ0v) is 9.87. The van der Waals surface area contributed by atoms with Crippen molar-refractivity contribution < 1.29 is 13.9 Å². The minimum Gasteiger partial charge on any atom is -0.444 e. The van der Waals surface area contributed by atoms with E-state index in [0.717, 1.165) is 6.07 Å². The third-order valence-corrected chi connectivity index (χ3v) is 1.73. The Labute approximate surface area is 99.0 Å². The first-order valence-corrected chi connectivity index (χ1v) is 5.01. The molecule has 0 aromatic heterocycles. The number of hydrogen-bond acceptors (Lipinski definition) is 3. The third kappa shape index (κ3) is 4.11. The Balaban J connectivity index is 2.82. The van der Waals surface area contributed by atoms with Gasteiger partial charge in [0.1, 0.15) is 11.4 Å². The van der Waals surface area contributed by atoms with Gasteiger partial charge in [-0.15, -0.1) is 0 Å². The number of nitrogens with one attached hydrogen (secondary N) is 1. The lowest BCUT2D eigenvalue weighted by molar-refractivity contribution is 0.0635. The lowest BCUT2D eigenvalue weighted by Crippen LogP contribution is -2.27. The van der Waals surface area contributed by atoms with Gasteiger partial charge in [-0.05, 0) is 39.0 Å². The Kier molecular flexibility index (Phi) is 3.69. The van der Waals surface area contributed by atoms with Gasteiger partial charge in [0, 0.05) is 0 Å². The van der Waals surface area contributed by atoms with Crippen LogP contribution in [0.15, 0.2) is 18.2 Å². The maximum absolute atomic E-state index is 13.3. The van der Waals surface area contributed by atoms with Gasteiger partial charge in [0.25, 0.3) is 0 Å². The summed E-state index contributed by atoms with van der Waals surface area (Å²) in [6, 6.07) is 5.55. The molecule has 17 heavy (non-hydrogen) atoms. The van der Waals surface area contributed by atoms with Crippen LogP contribution in [0.4, 0.5) is 14.9 Å². The first-order valence-electron chi connectivity index (χ1n) is 5.01. The summed E-state index contributed by atoms with van der Waals surface area (Å²) in [7, 11) is 0. The summed E-state index contributed by atoms with van der Waals surface area (Å²) in [5.74, 6) is -0.616. The molecule has 0 aliphatic rings. The molecule has 1 rings (SSSR count). The van der Waals surface area contributed by atoms with Crippen molar-refractivity contribution in [2.45, 2.75) is 26.4 Å². The molecule has 1 N–H and O–H groups in total. The van der Waals surface area contributed by atoms with Crippen molar-refractivity contribution >= 4 is 11.8 Å². The molecule has 0 heterocycles. The summed E-state index contributed by atoms with van der Waals surface area (Å²) in [5, 5.41) is 10.9. The van der Waals surface area contributed by atoms with E-state index in [-0.39, 0.29) is 11.3 Å². The third-order valence-electron chi connectivity index (χ3n) is 1.73. The first-order chi connectivity index (χ1) is 7.81. The van der Waals surface area contributed by atoms with Crippen LogP contribution in [-0.4, -0.2) is 11.7 Å². The van der Waals surface area contributed by atoms with Crippen molar-refractivity contribution in [3.05, 3.63) is 29.6 Å². The molecule has 0 saturated carbocycles. The number of anilines is 1. The highest BCUT2D eigenvalue weighted by molar-refractivity contribution is 5.85. The van der Waals surface area contributed by atoms with Crippen molar-refractivity contribution in [2.75, 3.05) is 5.32 Å². The zero-order valence-electron chi connectivity index (χ0n) is 9.87. The molecule has 1 amide bonds. The normalized spacial score (nSPS) is 10.5. The Morgan fingerprint density at radius 1 is 1.47 bits per heavy atom. The summed E-state index contributed by atoms with van der Waals surface area (Å²) < 4.78 is 18.3. The zero-order chi connectivity index (χ0) is 13.1. The Morgan fingerprint density at radius 2 is 2.12 bits per heavy atom. The average Bonchev–Trinajstić information content (AvgIpc) is 2.18. The molecule has 0 fully saturated rings. The van der Waals surface area contributed by atoms with Gasteiger partial charge in [-0.1, -0.05) is 0 Å². The molecule has 0 atom stereocenters. The van der Waals surface area contributed by atoms with Crippen molar-refractivity contribution in [1.29, 1.82) is 5.26 Å². The SMILES string of the molecule is CC(C)(C)OC(=O)Nc1cc(C#N)ccc1F. The molecule has 90 valence electrons. The summed E-state index contributed by atoms with van der Waals surface area (Å²) in [5.41, 5.74) is -0.469. The number of carbonyl (C=O) groups is 1. The predicted molar refractivity (Wildman–Crippen MR) is 61.0 cm³/mol. The number of rotatable bonds is 1. The molecule has 1 aromatic rings. The molecule has 0 bridgehead atoms. The van der Waals surface area contributed by atoms with E-state index in [1.165, 1.54) is 12.1 Å². The smallest absolute Gasteiger partial charge is 0.412 e. The molecule has 0 spiro atoms. The van der Waals surface area contributed by atoms with Crippen LogP contribution in [-0.2, 0) is 4.74 Å². The van der Waals surface area contributed by atoms with Crippen molar-refractivity contribution in [2.24, 2.45) is 0 Å². The number of carbonyl (C=O) groups excluding carboxylic acids is 1. The lowest BCUT2D eigenvalue weighted by Gasteiger charge is -2.19. The van der Waals surface area contributed by atoms with E-state index in [4.69, 9.17) is 10.00 Å². The molecule has 1 aromatic carbocycles. The van der Waals surface area contributed by atoms with E-state index in [1.807, 2.05) is 6.07 Å². The summed E-state index contributed by atoms with van der Waals surface area (Å²) in [4.78, 5) is 11.4. The van der Waals surface area contributed by atoms with Crippen LogP contribution < -0.4 is 5.32 Å². The van der Waals surface area contributed by atoms with Gasteiger partial charge in [-0.25, -0.2) is 9.18 Å². The van der Waals surface area contributed by atoms with E-state index in [2.05, 4.69) is 5.32 Å². The fourth-order valence-electron chi connectivity index (χ4n) is 1.10. The van der Waals surface area contributed by atoms with Gasteiger partial charge in [0.2, 0.25) is 0 Å². The molecule has 0 radical (unpaired) electrons. The summed E-state index contributed by atoms with van der Waals surface area (Å²) in [6.45, 7) is 5.11. The Morgan fingerprint density at radius 3 is 2.65 bits per heavy atom. The van der Waals surface area contributed by atoms with Crippen LogP contribution in [0.2, 0.25) is 0 Å². The molecule has 0 unspecified atom stereocenters. The van der Waals surface area contributed by atoms with Crippen molar-refractivity contribution in [3.8, 4) is 6.07 Å². The average molecular weight is 236 g/mol. The van der Waals surface area contributed by atoms with Crippen LogP contribution in [0.3, 0.4) is 0 Å². The van der Waals surface area contributed by atoms with Gasteiger partial charge < -0.3 is 4.74 Å². The number of ether oxygens (including phenoxy) is 1. The highest BCUT2D eigenvalue weighted by atomic mass is 19.1. The molecule has 0 aliphatic heterocycles. The number of nitriles is 1. The minimum atomic E-state index is -0.758. The summed E-state index contributed by atoms with van der Waals surface area (Å²) >= 11 is 0. The second-order valence-corrected chi connectivity index (χ2v) is 4.43. The standard InChI is InChI=1S/C12H13FN2O2/c1-12(2,3)17-11(16)15-10-6-8(7-14)4-5-9(10)13/h4-6H,1-3H3,(H,15,16). The molecule has 4 nitrogen and oxygen atoms in total. The van der Waals surface area contributed by atoms with Crippen molar-refractivity contribution in [1.82, 2.24) is 0 Å². The monoisotopic (exact) mass is 236 g/mol. The number of nitrogens with zero attached hydrogens (tertiary/aromatic N) is 1. The lowest BCUT2D eigenvalue weighted by atomic mass is 10.2. The highest BCUT2D eigenvalue weighted by Crippen LogP contribution is 2.17. The van der Waals surface area contributed by atoms with Gasteiger partial charge in [0.15, 0.2) is 0 Å². The minimum absolute atomic E-state index is 0.0710. The van der Waals surface area contributed by atoms with E-state index in [1.54, 1.807) is 20.8 Å². The predicted octanol–water partition coefficient (Wildman–Crippen LogP) is 3.04. The second kappa shape index (κ2) is 4.83. The largest absolute Gasteiger partial charge is 0.444 e. The number of halogens is 1. The van der Waals surface area contributed by atoms with Gasteiger partial charge in [0.05, 0.1) is 17.3 Å². The topological polar surface area (TPSA) is 62.1 Å². The van der Waals surface area contributed by atoms with Crippen LogP contribution in [0.25, 0.3) is 0 Å². The number of amides is 1. The Bertz CT molecular complexity index is 472. The fraction of sp³-hybridized carbons (Fsp3) is 0.333. The van der Waals surface area contributed by atoms with Crippen LogP contribution >= 0.6 is 0 Å². The molecule has 5 heteroatoms. The van der Waals surface area contributed by atoms with Crippen LogP contribution in [0.5, 0.6) is 0 Å². The first kappa shape index (κ1) is 13.0.